The Kier molecular flexibility index (Phi) is 4.27. The molecule has 1 aliphatic rings. The highest BCUT2D eigenvalue weighted by atomic mass is 16.4. The molecule has 20 heavy (non-hydrogen) atoms. The number of benzene rings is 1. The number of hydrogen-bond donors (Lipinski definition) is 1. The summed E-state index contributed by atoms with van der Waals surface area (Å²) in [6.45, 7) is 2.90. The van der Waals surface area contributed by atoms with Crippen molar-refractivity contribution < 1.29 is 14.7 Å². The van der Waals surface area contributed by atoms with Crippen LogP contribution in [0.3, 0.4) is 0 Å². The van der Waals surface area contributed by atoms with E-state index in [1.165, 1.54) is 0 Å². The van der Waals surface area contributed by atoms with Crippen LogP contribution in [0.2, 0.25) is 0 Å². The first kappa shape index (κ1) is 14.4. The SMILES string of the molecule is Cc1cccc(N(C)C(=O)N2CCC[C@@H](C(=O)O)C2)c1. The molecule has 5 nitrogen and oxygen atoms in total. The zero-order valence-electron chi connectivity index (χ0n) is 11.9. The largest absolute Gasteiger partial charge is 0.481 e. The number of carboxylic acids is 1. The van der Waals surface area contributed by atoms with Gasteiger partial charge in [-0.15, -0.1) is 0 Å². The molecule has 0 aliphatic carbocycles. The smallest absolute Gasteiger partial charge is 0.324 e. The number of carboxylic acid groups (broad SMARTS) is 1. The Labute approximate surface area is 118 Å². The molecule has 0 radical (unpaired) electrons. The molecule has 0 spiro atoms. The lowest BCUT2D eigenvalue weighted by atomic mass is 9.98. The van der Waals surface area contributed by atoms with E-state index < -0.39 is 11.9 Å². The van der Waals surface area contributed by atoms with Gasteiger partial charge in [-0.1, -0.05) is 12.1 Å². The van der Waals surface area contributed by atoms with Crippen molar-refractivity contribution in [2.45, 2.75) is 19.8 Å². The third-order valence-corrected chi connectivity index (χ3v) is 3.72. The maximum atomic E-state index is 12.4. The van der Waals surface area contributed by atoms with Gasteiger partial charge in [-0.2, -0.15) is 0 Å². The van der Waals surface area contributed by atoms with Crippen molar-refractivity contribution in [3.8, 4) is 0 Å². The summed E-state index contributed by atoms with van der Waals surface area (Å²) in [6.07, 6.45) is 1.39. The molecule has 1 aromatic rings. The van der Waals surface area contributed by atoms with Crippen molar-refractivity contribution in [2.24, 2.45) is 5.92 Å². The maximum absolute atomic E-state index is 12.4. The Bertz CT molecular complexity index is 516. The molecule has 2 rings (SSSR count). The van der Waals surface area contributed by atoms with Crippen LogP contribution in [-0.4, -0.2) is 42.1 Å². The molecule has 0 aromatic heterocycles. The number of nitrogens with zero attached hydrogens (tertiary/aromatic N) is 2. The van der Waals surface area contributed by atoms with E-state index in [0.29, 0.717) is 19.5 Å². The summed E-state index contributed by atoms with van der Waals surface area (Å²) in [5.74, 6) is -1.26. The second-order valence-corrected chi connectivity index (χ2v) is 5.30. The van der Waals surface area contributed by atoms with Crippen molar-refractivity contribution in [1.29, 1.82) is 0 Å². The third kappa shape index (κ3) is 3.10. The normalized spacial score (nSPS) is 18.7. The fraction of sp³-hybridized carbons (Fsp3) is 0.467. The van der Waals surface area contributed by atoms with Crippen molar-refractivity contribution >= 4 is 17.7 Å². The molecule has 1 heterocycles. The lowest BCUT2D eigenvalue weighted by molar-refractivity contribution is -0.143. The Morgan fingerprint density at radius 2 is 2.15 bits per heavy atom. The van der Waals surface area contributed by atoms with Gasteiger partial charge >= 0.3 is 12.0 Å². The number of amides is 2. The maximum Gasteiger partial charge on any atom is 0.324 e. The number of aliphatic carboxylic acids is 1. The van der Waals surface area contributed by atoms with Crippen molar-refractivity contribution in [3.05, 3.63) is 29.8 Å². The minimum atomic E-state index is -0.819. The molecule has 1 aliphatic heterocycles. The third-order valence-electron chi connectivity index (χ3n) is 3.72. The Balaban J connectivity index is 2.08. The minimum Gasteiger partial charge on any atom is -0.481 e. The molecule has 2 amide bonds. The van der Waals surface area contributed by atoms with Gasteiger partial charge in [-0.3, -0.25) is 9.69 Å². The predicted octanol–water partition coefficient (Wildman–Crippen LogP) is 2.35. The van der Waals surface area contributed by atoms with Gasteiger partial charge in [0.25, 0.3) is 0 Å². The van der Waals surface area contributed by atoms with Crippen LogP contribution >= 0.6 is 0 Å². The van der Waals surface area contributed by atoms with Crippen molar-refractivity contribution in [2.75, 3.05) is 25.0 Å². The summed E-state index contributed by atoms with van der Waals surface area (Å²) in [5.41, 5.74) is 1.91. The van der Waals surface area contributed by atoms with Crippen LogP contribution in [0.4, 0.5) is 10.5 Å². The Morgan fingerprint density at radius 3 is 2.80 bits per heavy atom. The van der Waals surface area contributed by atoms with Crippen LogP contribution in [-0.2, 0) is 4.79 Å². The van der Waals surface area contributed by atoms with Crippen LogP contribution in [0.15, 0.2) is 24.3 Å². The summed E-state index contributed by atoms with van der Waals surface area (Å²) < 4.78 is 0. The molecule has 108 valence electrons. The number of aryl methyl sites for hydroxylation is 1. The summed E-state index contributed by atoms with van der Waals surface area (Å²) in [6, 6.07) is 7.56. The highest BCUT2D eigenvalue weighted by molar-refractivity contribution is 5.91. The highest BCUT2D eigenvalue weighted by Gasteiger charge is 2.29. The zero-order chi connectivity index (χ0) is 14.7. The van der Waals surface area contributed by atoms with Crippen molar-refractivity contribution in [1.82, 2.24) is 4.90 Å². The second kappa shape index (κ2) is 5.94. The first-order valence-electron chi connectivity index (χ1n) is 6.81. The van der Waals surface area contributed by atoms with Crippen molar-refractivity contribution in [3.63, 3.8) is 0 Å². The van der Waals surface area contributed by atoms with E-state index in [-0.39, 0.29) is 6.03 Å². The molecule has 1 aromatic carbocycles. The van der Waals surface area contributed by atoms with Crippen LogP contribution in [0.1, 0.15) is 18.4 Å². The Hall–Kier alpha value is -2.04. The van der Waals surface area contributed by atoms with Gasteiger partial charge in [-0.25, -0.2) is 4.79 Å². The van der Waals surface area contributed by atoms with Gasteiger partial charge in [0.1, 0.15) is 0 Å². The van der Waals surface area contributed by atoms with Gasteiger partial charge < -0.3 is 10.0 Å². The average Bonchev–Trinajstić information content (AvgIpc) is 2.45. The number of urea groups is 1. The zero-order valence-corrected chi connectivity index (χ0v) is 11.9. The van der Waals surface area contributed by atoms with Crippen LogP contribution in [0.5, 0.6) is 0 Å². The molecular formula is C15H20N2O3. The Morgan fingerprint density at radius 1 is 1.40 bits per heavy atom. The van der Waals surface area contributed by atoms with E-state index in [0.717, 1.165) is 17.7 Å². The van der Waals surface area contributed by atoms with E-state index in [2.05, 4.69) is 0 Å². The van der Waals surface area contributed by atoms with E-state index in [4.69, 9.17) is 5.11 Å². The topological polar surface area (TPSA) is 60.9 Å². The monoisotopic (exact) mass is 276 g/mol. The first-order valence-corrected chi connectivity index (χ1v) is 6.81. The van der Waals surface area contributed by atoms with Gasteiger partial charge in [0.2, 0.25) is 0 Å². The van der Waals surface area contributed by atoms with E-state index in [9.17, 15) is 9.59 Å². The average molecular weight is 276 g/mol. The molecule has 0 bridgehead atoms. The quantitative estimate of drug-likeness (QED) is 0.902. The van der Waals surface area contributed by atoms with Crippen LogP contribution < -0.4 is 4.90 Å². The summed E-state index contributed by atoms with van der Waals surface area (Å²) in [5, 5.41) is 9.08. The predicted molar refractivity (Wildman–Crippen MR) is 76.9 cm³/mol. The number of hydrogen-bond acceptors (Lipinski definition) is 2. The number of likely N-dealkylation sites (tertiary alicyclic amines) is 1. The molecular weight excluding hydrogens is 256 g/mol. The fourth-order valence-electron chi connectivity index (χ4n) is 2.51. The number of carbonyl (C=O) groups excluding carboxylic acids is 1. The summed E-state index contributed by atoms with van der Waals surface area (Å²) in [7, 11) is 1.72. The lowest BCUT2D eigenvalue weighted by Gasteiger charge is -2.33. The number of anilines is 1. The van der Waals surface area contributed by atoms with Gasteiger partial charge in [-0.05, 0) is 37.5 Å². The van der Waals surface area contributed by atoms with E-state index in [1.807, 2.05) is 31.2 Å². The number of piperidine rings is 1. The van der Waals surface area contributed by atoms with Crippen LogP contribution in [0, 0.1) is 12.8 Å². The minimum absolute atomic E-state index is 0.137. The molecule has 1 fully saturated rings. The molecule has 1 saturated heterocycles. The summed E-state index contributed by atoms with van der Waals surface area (Å²) in [4.78, 5) is 26.7. The molecule has 0 saturated carbocycles. The van der Waals surface area contributed by atoms with E-state index in [1.54, 1.807) is 16.8 Å². The molecule has 1 N–H and O–H groups in total. The number of carbonyl (C=O) groups is 2. The first-order chi connectivity index (χ1) is 9.49. The lowest BCUT2D eigenvalue weighted by Crippen LogP contribution is -2.47. The summed E-state index contributed by atoms with van der Waals surface area (Å²) >= 11 is 0. The fourth-order valence-corrected chi connectivity index (χ4v) is 2.51. The van der Waals surface area contributed by atoms with Crippen LogP contribution in [0.25, 0.3) is 0 Å². The van der Waals surface area contributed by atoms with Gasteiger partial charge in [0.05, 0.1) is 5.92 Å². The molecule has 5 heteroatoms. The second-order valence-electron chi connectivity index (χ2n) is 5.30. The van der Waals surface area contributed by atoms with Gasteiger partial charge in [0, 0.05) is 25.8 Å². The number of rotatable bonds is 2. The van der Waals surface area contributed by atoms with E-state index >= 15 is 0 Å². The van der Waals surface area contributed by atoms with Gasteiger partial charge in [0.15, 0.2) is 0 Å². The standard InChI is InChI=1S/C15H20N2O3/c1-11-5-3-7-13(9-11)16(2)15(20)17-8-4-6-12(10-17)14(18)19/h3,5,7,9,12H,4,6,8,10H2,1-2H3,(H,18,19)/t12-/m1/s1. The molecule has 1 atom stereocenters. The molecule has 0 unspecified atom stereocenters. The highest BCUT2D eigenvalue weighted by Crippen LogP contribution is 2.21.